The van der Waals surface area contributed by atoms with Gasteiger partial charge in [0.25, 0.3) is 0 Å². The molecule has 0 bridgehead atoms. The van der Waals surface area contributed by atoms with E-state index in [9.17, 15) is 0 Å². The first-order valence-electron chi connectivity index (χ1n) is 6.78. The summed E-state index contributed by atoms with van der Waals surface area (Å²) in [6.07, 6.45) is 4.93. The van der Waals surface area contributed by atoms with E-state index in [0.29, 0.717) is 0 Å². The van der Waals surface area contributed by atoms with Gasteiger partial charge in [-0.05, 0) is 48.9 Å². The minimum atomic E-state index is 1.22. The predicted octanol–water partition coefficient (Wildman–Crippen LogP) is 5.23. The van der Waals surface area contributed by atoms with E-state index in [1.54, 1.807) is 0 Å². The quantitative estimate of drug-likeness (QED) is 0.651. The van der Waals surface area contributed by atoms with E-state index in [4.69, 9.17) is 0 Å². The summed E-state index contributed by atoms with van der Waals surface area (Å²) < 4.78 is 0. The van der Waals surface area contributed by atoms with Gasteiger partial charge < -0.3 is 0 Å². The summed E-state index contributed by atoms with van der Waals surface area (Å²) in [7, 11) is 0. The van der Waals surface area contributed by atoms with Gasteiger partial charge in [-0.15, -0.1) is 0 Å². The van der Waals surface area contributed by atoms with Gasteiger partial charge in [0, 0.05) is 0 Å². The maximum Gasteiger partial charge on any atom is -0.0279 e. The summed E-state index contributed by atoms with van der Waals surface area (Å²) in [5.74, 6) is 0. The van der Waals surface area contributed by atoms with Gasteiger partial charge in [-0.2, -0.15) is 0 Å². The molecule has 1 rings (SSSR count). The van der Waals surface area contributed by atoms with Gasteiger partial charge in [0.2, 0.25) is 0 Å². The molecule has 0 saturated carbocycles. The monoisotopic (exact) mass is 220 g/mol. The Labute approximate surface area is 102 Å². The van der Waals surface area contributed by atoms with Crippen molar-refractivity contribution >= 4 is 0 Å². The predicted molar refractivity (Wildman–Crippen MR) is 75.3 cm³/mol. The van der Waals surface area contributed by atoms with Gasteiger partial charge in [-0.25, -0.2) is 0 Å². The van der Waals surface area contributed by atoms with Crippen LogP contribution in [0.3, 0.4) is 0 Å². The largest absolute Gasteiger partial charge is 0.0683 e. The third-order valence-corrected chi connectivity index (χ3v) is 2.83. The molecule has 0 fully saturated rings. The highest BCUT2D eigenvalue weighted by Crippen LogP contribution is 2.18. The maximum absolute atomic E-state index is 2.38. The molecule has 1 aromatic carbocycles. The Morgan fingerprint density at radius 2 is 1.06 bits per heavy atom. The Morgan fingerprint density at radius 1 is 0.750 bits per heavy atom. The zero-order valence-electron chi connectivity index (χ0n) is 12.0. The summed E-state index contributed by atoms with van der Waals surface area (Å²) in [5, 5.41) is 0. The average molecular weight is 220 g/mol. The Morgan fingerprint density at radius 3 is 1.31 bits per heavy atom. The highest BCUT2D eigenvalue weighted by atomic mass is 14.1. The van der Waals surface area contributed by atoms with Crippen molar-refractivity contribution in [3.05, 3.63) is 34.4 Å². The normalized spacial score (nSPS) is 9.62. The molecule has 0 heterocycles. The fourth-order valence-electron chi connectivity index (χ4n) is 2.01. The summed E-state index contributed by atoms with van der Waals surface area (Å²) in [5.41, 5.74) is 6.01. The van der Waals surface area contributed by atoms with Crippen molar-refractivity contribution < 1.29 is 0 Å². The summed E-state index contributed by atoms with van der Waals surface area (Å²) in [6, 6.07) is 4.76. The molecule has 0 aromatic heterocycles. The van der Waals surface area contributed by atoms with E-state index in [-0.39, 0.29) is 0 Å². The van der Waals surface area contributed by atoms with E-state index < -0.39 is 0 Å². The standard InChI is InChI=1S/C14H22.C2H6/c1-5-7-13-9-12(4)14(8-6-2)10-11(13)3;1-2/h9-10H,5-8H2,1-4H3;1-2H3. The van der Waals surface area contributed by atoms with Gasteiger partial charge in [0.15, 0.2) is 0 Å². The first kappa shape index (κ1) is 15.2. The van der Waals surface area contributed by atoms with Crippen LogP contribution in [0, 0.1) is 13.8 Å². The topological polar surface area (TPSA) is 0 Å². The van der Waals surface area contributed by atoms with Crippen LogP contribution in [0.4, 0.5) is 0 Å². The molecule has 0 unspecified atom stereocenters. The van der Waals surface area contributed by atoms with Crippen molar-refractivity contribution in [1.82, 2.24) is 0 Å². The lowest BCUT2D eigenvalue weighted by atomic mass is 9.95. The van der Waals surface area contributed by atoms with Crippen LogP contribution in [0.2, 0.25) is 0 Å². The van der Waals surface area contributed by atoms with Crippen LogP contribution in [0.15, 0.2) is 12.1 Å². The number of hydrogen-bond donors (Lipinski definition) is 0. The van der Waals surface area contributed by atoms with Crippen molar-refractivity contribution in [2.24, 2.45) is 0 Å². The smallest absolute Gasteiger partial charge is 0.0279 e. The van der Waals surface area contributed by atoms with Gasteiger partial charge in [0.1, 0.15) is 0 Å². The van der Waals surface area contributed by atoms with E-state index in [1.165, 1.54) is 47.9 Å². The van der Waals surface area contributed by atoms with Crippen LogP contribution >= 0.6 is 0 Å². The van der Waals surface area contributed by atoms with Crippen LogP contribution in [-0.2, 0) is 12.8 Å². The lowest BCUT2D eigenvalue weighted by Crippen LogP contribution is -1.95. The van der Waals surface area contributed by atoms with E-state index in [1.807, 2.05) is 13.8 Å². The molecule has 0 aliphatic rings. The van der Waals surface area contributed by atoms with Crippen molar-refractivity contribution in [2.75, 3.05) is 0 Å². The second-order valence-corrected chi connectivity index (χ2v) is 4.21. The van der Waals surface area contributed by atoms with Crippen molar-refractivity contribution in [1.29, 1.82) is 0 Å². The molecule has 0 heteroatoms. The fourth-order valence-corrected chi connectivity index (χ4v) is 2.01. The molecule has 92 valence electrons. The van der Waals surface area contributed by atoms with Crippen LogP contribution in [-0.4, -0.2) is 0 Å². The Kier molecular flexibility index (Phi) is 7.97. The third kappa shape index (κ3) is 4.38. The van der Waals surface area contributed by atoms with Crippen LogP contribution < -0.4 is 0 Å². The lowest BCUT2D eigenvalue weighted by molar-refractivity contribution is 0.887. The Bertz CT molecular complexity index is 265. The third-order valence-electron chi connectivity index (χ3n) is 2.83. The summed E-state index contributed by atoms with van der Waals surface area (Å²) in [6.45, 7) is 13.0. The van der Waals surface area contributed by atoms with E-state index >= 15 is 0 Å². The molecule has 0 N–H and O–H groups in total. The summed E-state index contributed by atoms with van der Waals surface area (Å²) >= 11 is 0. The zero-order chi connectivity index (χ0) is 12.6. The van der Waals surface area contributed by atoms with Crippen LogP contribution in [0.25, 0.3) is 0 Å². The van der Waals surface area contributed by atoms with Gasteiger partial charge in [0.05, 0.1) is 0 Å². The lowest BCUT2D eigenvalue weighted by Gasteiger charge is -2.11. The first-order chi connectivity index (χ1) is 7.69. The van der Waals surface area contributed by atoms with Crippen molar-refractivity contribution in [3.8, 4) is 0 Å². The van der Waals surface area contributed by atoms with Gasteiger partial charge in [-0.3, -0.25) is 0 Å². The van der Waals surface area contributed by atoms with E-state index in [0.717, 1.165) is 0 Å². The van der Waals surface area contributed by atoms with Crippen LogP contribution in [0.1, 0.15) is 62.8 Å². The molecule has 0 aliphatic carbocycles. The van der Waals surface area contributed by atoms with Crippen LogP contribution in [0.5, 0.6) is 0 Å². The number of aryl methyl sites for hydroxylation is 4. The SMILES string of the molecule is CC.CCCc1cc(C)c(CCC)cc1C. The molecule has 0 radical (unpaired) electrons. The minimum Gasteiger partial charge on any atom is -0.0683 e. The number of benzene rings is 1. The number of hydrogen-bond acceptors (Lipinski definition) is 0. The molecule has 0 aliphatic heterocycles. The second kappa shape index (κ2) is 8.38. The molecule has 1 aromatic rings. The summed E-state index contributed by atoms with van der Waals surface area (Å²) in [4.78, 5) is 0. The molecule has 16 heavy (non-hydrogen) atoms. The molecule has 0 spiro atoms. The molecule has 0 amide bonds. The molecular formula is C16H28. The van der Waals surface area contributed by atoms with Gasteiger partial charge >= 0.3 is 0 Å². The highest BCUT2D eigenvalue weighted by Gasteiger charge is 2.02. The van der Waals surface area contributed by atoms with Crippen molar-refractivity contribution in [3.63, 3.8) is 0 Å². The Balaban J connectivity index is 0.00000106. The molecule has 0 nitrogen and oxygen atoms in total. The number of rotatable bonds is 4. The zero-order valence-corrected chi connectivity index (χ0v) is 12.0. The maximum atomic E-state index is 2.38. The minimum absolute atomic E-state index is 1.22. The Hall–Kier alpha value is -0.780. The average Bonchev–Trinajstić information content (AvgIpc) is 2.29. The molecular weight excluding hydrogens is 192 g/mol. The van der Waals surface area contributed by atoms with Gasteiger partial charge in [-0.1, -0.05) is 52.7 Å². The van der Waals surface area contributed by atoms with E-state index in [2.05, 4.69) is 39.8 Å². The fraction of sp³-hybridized carbons (Fsp3) is 0.625. The molecule has 0 saturated heterocycles. The first-order valence-corrected chi connectivity index (χ1v) is 6.78. The van der Waals surface area contributed by atoms with Crippen molar-refractivity contribution in [2.45, 2.75) is 67.2 Å². The highest BCUT2D eigenvalue weighted by molar-refractivity contribution is 5.37. The second-order valence-electron chi connectivity index (χ2n) is 4.21. The molecule has 0 atom stereocenters.